The topological polar surface area (TPSA) is 54.0 Å². The monoisotopic (exact) mass is 200 g/mol. The zero-order chi connectivity index (χ0) is 11.3. The molecule has 0 radical (unpaired) electrons. The lowest BCUT2D eigenvalue weighted by atomic mass is 10.4. The molecule has 0 unspecified atom stereocenters. The number of aromatic nitrogens is 3. The zero-order valence-electron chi connectivity index (χ0n) is 8.81. The minimum Gasteiger partial charge on any atom is -0.234 e. The van der Waals surface area contributed by atoms with Gasteiger partial charge >= 0.3 is 0 Å². The van der Waals surface area contributed by atoms with Crippen molar-refractivity contribution in [2.24, 2.45) is 0 Å². The van der Waals surface area contributed by atoms with Gasteiger partial charge in [0.1, 0.15) is 6.07 Å². The molecular formula is C11H12N4. The van der Waals surface area contributed by atoms with Gasteiger partial charge in [0.15, 0.2) is 11.3 Å². The Hall–Kier alpha value is -2.15. The van der Waals surface area contributed by atoms with Crippen molar-refractivity contribution in [3.05, 3.63) is 36.3 Å². The highest BCUT2D eigenvalue weighted by molar-refractivity contribution is 5.48. The summed E-state index contributed by atoms with van der Waals surface area (Å²) < 4.78 is 1.50. The fourth-order valence-electron chi connectivity index (χ4n) is 1.07. The first-order chi connectivity index (χ1) is 7.35. The quantitative estimate of drug-likeness (QED) is 0.709. The van der Waals surface area contributed by atoms with E-state index in [1.807, 2.05) is 19.9 Å². The second-order valence-electron chi connectivity index (χ2n) is 2.49. The molecule has 0 bridgehead atoms. The molecule has 4 heteroatoms. The lowest BCUT2D eigenvalue weighted by molar-refractivity contribution is 0.912. The maximum atomic E-state index is 8.71. The van der Waals surface area contributed by atoms with Crippen LogP contribution in [0.2, 0.25) is 0 Å². The standard InChI is InChI=1S/C9H6N4.C2H6/c1-2-7-3-4-9-11-6-8(5-10)13(9)12-7;1-2/h2-4,6H,1H2;1-2H3. The van der Waals surface area contributed by atoms with Gasteiger partial charge in [-0.1, -0.05) is 20.4 Å². The maximum Gasteiger partial charge on any atom is 0.162 e. The van der Waals surface area contributed by atoms with E-state index in [1.54, 1.807) is 18.2 Å². The number of hydrogen-bond donors (Lipinski definition) is 0. The highest BCUT2D eigenvalue weighted by Crippen LogP contribution is 2.05. The van der Waals surface area contributed by atoms with Crippen LogP contribution in [0.1, 0.15) is 25.2 Å². The Morgan fingerprint density at radius 1 is 1.47 bits per heavy atom. The van der Waals surface area contributed by atoms with Crippen molar-refractivity contribution in [1.82, 2.24) is 14.6 Å². The maximum absolute atomic E-state index is 8.71. The van der Waals surface area contributed by atoms with Crippen LogP contribution in [-0.4, -0.2) is 14.6 Å². The van der Waals surface area contributed by atoms with Crippen LogP contribution in [0, 0.1) is 11.3 Å². The van der Waals surface area contributed by atoms with Crippen LogP contribution in [0.15, 0.2) is 24.9 Å². The van der Waals surface area contributed by atoms with E-state index in [9.17, 15) is 0 Å². The first kappa shape index (κ1) is 10.9. The lowest BCUT2D eigenvalue weighted by Gasteiger charge is -1.94. The number of fused-ring (bicyclic) bond motifs is 1. The summed E-state index contributed by atoms with van der Waals surface area (Å²) in [5.41, 5.74) is 1.82. The number of nitrogens with zero attached hydrogens (tertiary/aromatic N) is 4. The van der Waals surface area contributed by atoms with Crippen molar-refractivity contribution >= 4 is 11.7 Å². The number of rotatable bonds is 1. The summed E-state index contributed by atoms with van der Waals surface area (Å²) in [6, 6.07) is 5.60. The molecule has 0 N–H and O–H groups in total. The van der Waals surface area contributed by atoms with Gasteiger partial charge in [-0.15, -0.1) is 0 Å². The Balaban J connectivity index is 0.000000531. The fraction of sp³-hybridized carbons (Fsp3) is 0.182. The van der Waals surface area contributed by atoms with Gasteiger partial charge in [0.25, 0.3) is 0 Å². The summed E-state index contributed by atoms with van der Waals surface area (Å²) in [6.45, 7) is 7.60. The fourth-order valence-corrected chi connectivity index (χ4v) is 1.07. The molecular weight excluding hydrogens is 188 g/mol. The van der Waals surface area contributed by atoms with Crippen LogP contribution in [0.5, 0.6) is 0 Å². The predicted octanol–water partition coefficient (Wildman–Crippen LogP) is 2.27. The van der Waals surface area contributed by atoms with Gasteiger partial charge in [0, 0.05) is 0 Å². The molecule has 0 atom stereocenters. The summed E-state index contributed by atoms with van der Waals surface area (Å²) in [5, 5.41) is 12.8. The van der Waals surface area contributed by atoms with E-state index in [-0.39, 0.29) is 0 Å². The van der Waals surface area contributed by atoms with E-state index >= 15 is 0 Å². The molecule has 0 aliphatic heterocycles. The van der Waals surface area contributed by atoms with Crippen molar-refractivity contribution < 1.29 is 0 Å². The molecule has 0 spiro atoms. The summed E-state index contributed by atoms with van der Waals surface area (Å²) in [5.74, 6) is 0. The second-order valence-corrected chi connectivity index (χ2v) is 2.49. The number of imidazole rings is 1. The number of hydrogen-bond acceptors (Lipinski definition) is 3. The third-order valence-corrected chi connectivity index (χ3v) is 1.71. The largest absolute Gasteiger partial charge is 0.234 e. The summed E-state index contributed by atoms with van der Waals surface area (Å²) >= 11 is 0. The van der Waals surface area contributed by atoms with Gasteiger partial charge in [-0.25, -0.2) is 9.50 Å². The van der Waals surface area contributed by atoms with Crippen molar-refractivity contribution in [2.45, 2.75) is 13.8 Å². The average molecular weight is 200 g/mol. The summed E-state index contributed by atoms with van der Waals surface area (Å²) in [7, 11) is 0. The van der Waals surface area contributed by atoms with E-state index in [2.05, 4.69) is 16.7 Å². The van der Waals surface area contributed by atoms with E-state index in [4.69, 9.17) is 5.26 Å². The average Bonchev–Trinajstić information content (AvgIpc) is 2.73. The van der Waals surface area contributed by atoms with Gasteiger partial charge in [-0.05, 0) is 18.2 Å². The van der Waals surface area contributed by atoms with E-state index in [1.165, 1.54) is 10.7 Å². The second kappa shape index (κ2) is 4.91. The summed E-state index contributed by atoms with van der Waals surface area (Å²) in [6.07, 6.45) is 3.12. The SMILES string of the molecule is C=Cc1ccc2ncc(C#N)n2n1.CC. The van der Waals surface area contributed by atoms with Crippen LogP contribution in [0.3, 0.4) is 0 Å². The number of nitriles is 1. The molecule has 2 aromatic heterocycles. The van der Waals surface area contributed by atoms with E-state index in [0.717, 1.165) is 5.69 Å². The molecule has 0 saturated heterocycles. The van der Waals surface area contributed by atoms with Crippen LogP contribution in [-0.2, 0) is 0 Å². The molecule has 76 valence electrons. The molecule has 0 fully saturated rings. The summed E-state index contributed by atoms with van der Waals surface area (Å²) in [4.78, 5) is 4.01. The van der Waals surface area contributed by atoms with Gasteiger partial charge in [-0.3, -0.25) is 0 Å². The van der Waals surface area contributed by atoms with Crippen molar-refractivity contribution in [3.8, 4) is 6.07 Å². The highest BCUT2D eigenvalue weighted by atomic mass is 15.3. The van der Waals surface area contributed by atoms with Crippen LogP contribution in [0.4, 0.5) is 0 Å². The highest BCUT2D eigenvalue weighted by Gasteiger charge is 2.02. The third kappa shape index (κ3) is 2.02. The third-order valence-electron chi connectivity index (χ3n) is 1.71. The molecule has 0 aliphatic carbocycles. The van der Waals surface area contributed by atoms with Gasteiger partial charge in [0.05, 0.1) is 11.9 Å². The molecule has 0 saturated carbocycles. The molecule has 2 aromatic rings. The first-order valence-electron chi connectivity index (χ1n) is 4.72. The first-order valence-corrected chi connectivity index (χ1v) is 4.72. The predicted molar refractivity (Wildman–Crippen MR) is 59.1 cm³/mol. The molecule has 0 aliphatic rings. The molecule has 2 rings (SSSR count). The molecule has 0 amide bonds. The Bertz CT molecular complexity index is 505. The van der Waals surface area contributed by atoms with Crippen LogP contribution < -0.4 is 0 Å². The molecule has 0 aromatic carbocycles. The molecule has 2 heterocycles. The minimum atomic E-state index is 0.429. The Kier molecular flexibility index (Phi) is 3.58. The van der Waals surface area contributed by atoms with E-state index < -0.39 is 0 Å². The van der Waals surface area contributed by atoms with Crippen molar-refractivity contribution in [2.75, 3.05) is 0 Å². The van der Waals surface area contributed by atoms with Crippen molar-refractivity contribution in [1.29, 1.82) is 5.26 Å². The van der Waals surface area contributed by atoms with Crippen LogP contribution in [0.25, 0.3) is 11.7 Å². The Labute approximate surface area is 88.5 Å². The normalized spacial score (nSPS) is 8.87. The molecule has 15 heavy (non-hydrogen) atoms. The van der Waals surface area contributed by atoms with E-state index in [0.29, 0.717) is 11.3 Å². The Morgan fingerprint density at radius 2 is 2.20 bits per heavy atom. The van der Waals surface area contributed by atoms with Crippen LogP contribution >= 0.6 is 0 Å². The zero-order valence-corrected chi connectivity index (χ0v) is 8.81. The van der Waals surface area contributed by atoms with Gasteiger partial charge in [0.2, 0.25) is 0 Å². The Morgan fingerprint density at radius 3 is 2.80 bits per heavy atom. The molecule has 4 nitrogen and oxygen atoms in total. The van der Waals surface area contributed by atoms with Gasteiger partial charge in [-0.2, -0.15) is 10.4 Å². The minimum absolute atomic E-state index is 0.429. The lowest BCUT2D eigenvalue weighted by Crippen LogP contribution is -1.95. The van der Waals surface area contributed by atoms with Crippen molar-refractivity contribution in [3.63, 3.8) is 0 Å². The smallest absolute Gasteiger partial charge is 0.162 e. The van der Waals surface area contributed by atoms with Gasteiger partial charge < -0.3 is 0 Å².